The fourth-order valence-electron chi connectivity index (χ4n) is 4.10. The number of carbonyl (C=O) groups excluding carboxylic acids is 2. The van der Waals surface area contributed by atoms with Crippen LogP contribution in [0.2, 0.25) is 0 Å². The molecular formula is C25H30N4O6S2. The normalized spacial score (nSPS) is 15.2. The first-order valence-corrected chi connectivity index (χ1v) is 14.3. The molecule has 12 heteroatoms. The molecule has 1 fully saturated rings. The van der Waals surface area contributed by atoms with E-state index in [9.17, 15) is 18.0 Å². The minimum Gasteiger partial charge on any atom is -0.497 e. The number of amides is 2. The van der Waals surface area contributed by atoms with E-state index in [0.717, 1.165) is 22.4 Å². The van der Waals surface area contributed by atoms with Gasteiger partial charge < -0.3 is 18.9 Å². The van der Waals surface area contributed by atoms with Crippen LogP contribution in [0.1, 0.15) is 30.6 Å². The average molecular weight is 547 g/mol. The summed E-state index contributed by atoms with van der Waals surface area (Å²) in [6.45, 7) is 5.62. The third-order valence-electron chi connectivity index (χ3n) is 6.04. The first kappa shape index (κ1) is 26.8. The summed E-state index contributed by atoms with van der Waals surface area (Å²) in [7, 11) is -2.16. The van der Waals surface area contributed by atoms with Gasteiger partial charge in [0.1, 0.15) is 5.75 Å². The molecule has 2 aromatic carbocycles. The number of benzene rings is 2. The van der Waals surface area contributed by atoms with Crippen molar-refractivity contribution in [2.24, 2.45) is 4.99 Å². The van der Waals surface area contributed by atoms with Gasteiger partial charge in [0.15, 0.2) is 4.80 Å². The molecule has 0 spiro atoms. The number of ether oxygens (including phenoxy) is 2. The molecule has 2 amide bonds. The van der Waals surface area contributed by atoms with Gasteiger partial charge in [-0.1, -0.05) is 18.3 Å². The van der Waals surface area contributed by atoms with E-state index in [2.05, 4.69) is 11.9 Å². The minimum atomic E-state index is -3.76. The quantitative estimate of drug-likeness (QED) is 0.450. The Morgan fingerprint density at radius 2 is 1.73 bits per heavy atom. The number of carbonyl (C=O) groups is 2. The molecule has 1 saturated heterocycles. The Balaban J connectivity index is 1.53. The summed E-state index contributed by atoms with van der Waals surface area (Å²) in [5.41, 5.74) is 1.27. The fraction of sp³-hybridized carbons (Fsp3) is 0.400. The maximum atomic E-state index is 13.1. The number of hydrogen-bond acceptors (Lipinski definition) is 7. The number of thiazole rings is 1. The molecule has 1 aliphatic heterocycles. The van der Waals surface area contributed by atoms with Gasteiger partial charge in [-0.05, 0) is 55.8 Å². The van der Waals surface area contributed by atoms with Gasteiger partial charge in [-0.25, -0.2) is 13.2 Å². The second-order valence-corrected chi connectivity index (χ2v) is 11.3. The standard InChI is InChI=1S/C25H30N4O6S2/c1-4-12-29-21-11-8-19(34-3)17-22(21)36-24(29)26-23(30)18-6-9-20(10-7-18)37(32,33)28-15-13-27(14-16-28)25(31)35-5-2/h6-11,17H,4-5,12-16H2,1-3H3. The van der Waals surface area contributed by atoms with Crippen LogP contribution in [0.4, 0.5) is 4.79 Å². The van der Waals surface area contributed by atoms with Crippen molar-refractivity contribution in [1.82, 2.24) is 13.8 Å². The maximum absolute atomic E-state index is 13.1. The van der Waals surface area contributed by atoms with E-state index in [-0.39, 0.29) is 37.7 Å². The lowest BCUT2D eigenvalue weighted by atomic mass is 10.2. The van der Waals surface area contributed by atoms with Crippen molar-refractivity contribution >= 4 is 43.6 Å². The van der Waals surface area contributed by atoms with Crippen LogP contribution in [0.3, 0.4) is 0 Å². The highest BCUT2D eigenvalue weighted by Crippen LogP contribution is 2.24. The molecule has 0 radical (unpaired) electrons. The molecule has 4 rings (SSSR count). The summed E-state index contributed by atoms with van der Waals surface area (Å²) >= 11 is 1.40. The predicted octanol–water partition coefficient (Wildman–Crippen LogP) is 3.33. The molecule has 10 nitrogen and oxygen atoms in total. The topological polar surface area (TPSA) is 111 Å². The van der Waals surface area contributed by atoms with Crippen molar-refractivity contribution in [2.45, 2.75) is 31.7 Å². The summed E-state index contributed by atoms with van der Waals surface area (Å²) in [6, 6.07) is 11.6. The Kier molecular flexibility index (Phi) is 8.30. The van der Waals surface area contributed by atoms with E-state index in [1.807, 2.05) is 22.8 Å². The molecular weight excluding hydrogens is 516 g/mol. The van der Waals surface area contributed by atoms with Crippen LogP contribution in [0.15, 0.2) is 52.4 Å². The first-order chi connectivity index (χ1) is 17.8. The lowest BCUT2D eigenvalue weighted by molar-refractivity contribution is 0.0933. The number of fused-ring (bicyclic) bond motifs is 1. The number of aryl methyl sites for hydroxylation is 1. The van der Waals surface area contributed by atoms with Crippen LogP contribution >= 0.6 is 11.3 Å². The van der Waals surface area contributed by atoms with Gasteiger partial charge in [-0.2, -0.15) is 9.30 Å². The molecule has 0 N–H and O–H groups in total. The van der Waals surface area contributed by atoms with Crippen molar-refractivity contribution in [3.63, 3.8) is 0 Å². The van der Waals surface area contributed by atoms with Crippen LogP contribution in [-0.2, 0) is 21.3 Å². The van der Waals surface area contributed by atoms with Gasteiger partial charge in [-0.15, -0.1) is 0 Å². The minimum absolute atomic E-state index is 0.0867. The fourth-order valence-corrected chi connectivity index (χ4v) is 6.61. The summed E-state index contributed by atoms with van der Waals surface area (Å²) in [5, 5.41) is 0. The van der Waals surface area contributed by atoms with Gasteiger partial charge in [0.2, 0.25) is 10.0 Å². The van der Waals surface area contributed by atoms with Crippen molar-refractivity contribution in [3.05, 3.63) is 52.8 Å². The van der Waals surface area contributed by atoms with E-state index in [1.165, 1.54) is 44.8 Å². The largest absolute Gasteiger partial charge is 0.497 e. The van der Waals surface area contributed by atoms with Crippen LogP contribution in [0, 0.1) is 0 Å². The number of nitrogens with zero attached hydrogens (tertiary/aromatic N) is 4. The number of hydrogen-bond donors (Lipinski definition) is 0. The predicted molar refractivity (Wildman–Crippen MR) is 140 cm³/mol. The van der Waals surface area contributed by atoms with Crippen molar-refractivity contribution < 1.29 is 27.5 Å². The van der Waals surface area contributed by atoms with Crippen LogP contribution < -0.4 is 9.54 Å². The molecule has 0 unspecified atom stereocenters. The SMILES string of the molecule is CCCn1c(=NC(=O)c2ccc(S(=O)(=O)N3CCN(C(=O)OCC)CC3)cc2)sc2cc(OC)ccc21. The van der Waals surface area contributed by atoms with Crippen LogP contribution in [-0.4, -0.2) is 74.1 Å². The van der Waals surface area contributed by atoms with Crippen molar-refractivity contribution in [2.75, 3.05) is 39.9 Å². The van der Waals surface area contributed by atoms with Crippen LogP contribution in [0.25, 0.3) is 10.2 Å². The van der Waals surface area contributed by atoms with E-state index in [1.54, 1.807) is 14.0 Å². The summed E-state index contributed by atoms with van der Waals surface area (Å²) in [5.74, 6) is 0.282. The first-order valence-electron chi connectivity index (χ1n) is 12.1. The molecule has 198 valence electrons. The van der Waals surface area contributed by atoms with E-state index >= 15 is 0 Å². The molecule has 0 saturated carbocycles. The summed E-state index contributed by atoms with van der Waals surface area (Å²) < 4.78 is 40.8. The summed E-state index contributed by atoms with van der Waals surface area (Å²) in [4.78, 5) is 31.4. The molecule has 1 aromatic heterocycles. The third-order valence-corrected chi connectivity index (χ3v) is 8.99. The third kappa shape index (κ3) is 5.71. The van der Waals surface area contributed by atoms with Gasteiger partial charge in [0.25, 0.3) is 5.91 Å². The Morgan fingerprint density at radius 1 is 1.03 bits per heavy atom. The Bertz CT molecular complexity index is 1450. The highest BCUT2D eigenvalue weighted by molar-refractivity contribution is 7.89. The smallest absolute Gasteiger partial charge is 0.409 e. The maximum Gasteiger partial charge on any atom is 0.409 e. The zero-order chi connectivity index (χ0) is 26.6. The highest BCUT2D eigenvalue weighted by atomic mass is 32.2. The number of methoxy groups -OCH3 is 1. The van der Waals surface area contributed by atoms with Gasteiger partial charge >= 0.3 is 6.09 Å². The Hall–Kier alpha value is -3.22. The van der Waals surface area contributed by atoms with E-state index < -0.39 is 22.0 Å². The van der Waals surface area contributed by atoms with Crippen molar-refractivity contribution in [3.8, 4) is 5.75 Å². The van der Waals surface area contributed by atoms with Gasteiger partial charge in [-0.3, -0.25) is 4.79 Å². The van der Waals surface area contributed by atoms with Crippen molar-refractivity contribution in [1.29, 1.82) is 0 Å². The molecule has 1 aliphatic rings. The number of sulfonamides is 1. The second-order valence-electron chi connectivity index (χ2n) is 8.40. The Morgan fingerprint density at radius 3 is 2.35 bits per heavy atom. The molecule has 0 bridgehead atoms. The monoisotopic (exact) mass is 546 g/mol. The highest BCUT2D eigenvalue weighted by Gasteiger charge is 2.30. The lowest BCUT2D eigenvalue weighted by Crippen LogP contribution is -2.50. The van der Waals surface area contributed by atoms with E-state index in [4.69, 9.17) is 9.47 Å². The number of piperazine rings is 1. The zero-order valence-corrected chi connectivity index (χ0v) is 22.7. The van der Waals surface area contributed by atoms with E-state index in [0.29, 0.717) is 16.9 Å². The molecule has 37 heavy (non-hydrogen) atoms. The molecule has 0 atom stereocenters. The number of aromatic nitrogens is 1. The van der Waals surface area contributed by atoms with Gasteiger partial charge in [0, 0.05) is 38.3 Å². The van der Waals surface area contributed by atoms with Crippen LogP contribution in [0.5, 0.6) is 5.75 Å². The Labute approximate surface area is 219 Å². The molecule has 3 aromatic rings. The number of rotatable bonds is 7. The van der Waals surface area contributed by atoms with Gasteiger partial charge in [0.05, 0.1) is 28.8 Å². The summed E-state index contributed by atoms with van der Waals surface area (Å²) in [6.07, 6.45) is 0.434. The average Bonchev–Trinajstić information content (AvgIpc) is 3.24. The molecule has 2 heterocycles. The zero-order valence-electron chi connectivity index (χ0n) is 21.0. The lowest BCUT2D eigenvalue weighted by Gasteiger charge is -2.33. The second kappa shape index (κ2) is 11.4. The molecule has 0 aliphatic carbocycles.